The molecule has 1 atom stereocenters. The van der Waals surface area contributed by atoms with Gasteiger partial charge in [-0.3, -0.25) is 0 Å². The molecule has 1 aliphatic rings. The lowest BCUT2D eigenvalue weighted by Crippen LogP contribution is -2.28. The third-order valence-corrected chi connectivity index (χ3v) is 2.16. The van der Waals surface area contributed by atoms with E-state index in [0.29, 0.717) is 5.75 Å². The average molecular weight is 222 g/mol. The molecule has 5 nitrogen and oxygen atoms in total. The zero-order chi connectivity index (χ0) is 11.5. The third-order valence-electron chi connectivity index (χ3n) is 2.16. The molecule has 0 aliphatic carbocycles. The topological polar surface area (TPSA) is 61.8 Å². The lowest BCUT2D eigenvalue weighted by Gasteiger charge is -2.08. The van der Waals surface area contributed by atoms with Gasteiger partial charge >= 0.3 is 12.1 Å². The van der Waals surface area contributed by atoms with Gasteiger partial charge in [-0.15, -0.1) is 0 Å². The number of carbonyl (C=O) groups excluding carboxylic acids is 2. The number of rotatable bonds is 2. The van der Waals surface area contributed by atoms with Gasteiger partial charge < -0.3 is 14.2 Å². The molecule has 16 heavy (non-hydrogen) atoms. The van der Waals surface area contributed by atoms with Crippen LogP contribution in [0, 0.1) is 6.92 Å². The van der Waals surface area contributed by atoms with Crippen molar-refractivity contribution < 1.29 is 23.8 Å². The summed E-state index contributed by atoms with van der Waals surface area (Å²) in [6.45, 7) is 1.73. The summed E-state index contributed by atoms with van der Waals surface area (Å²) in [6, 6.07) is 7.09. The number of cyclic esters (lactones) is 2. The summed E-state index contributed by atoms with van der Waals surface area (Å²) in [7, 11) is 0. The van der Waals surface area contributed by atoms with Crippen LogP contribution in [0.4, 0.5) is 4.79 Å². The minimum absolute atomic E-state index is 0.0937. The van der Waals surface area contributed by atoms with Gasteiger partial charge in [-0.1, -0.05) is 18.2 Å². The summed E-state index contributed by atoms with van der Waals surface area (Å²) in [6.07, 6.45) is -1.81. The van der Waals surface area contributed by atoms with Crippen LogP contribution < -0.4 is 4.74 Å². The largest absolute Gasteiger partial charge is 0.509 e. The van der Waals surface area contributed by atoms with Crippen LogP contribution in [0.3, 0.4) is 0 Å². The van der Waals surface area contributed by atoms with E-state index in [4.69, 9.17) is 4.74 Å². The molecule has 84 valence electrons. The minimum atomic E-state index is -0.966. The molecule has 0 spiro atoms. The summed E-state index contributed by atoms with van der Waals surface area (Å²) < 4.78 is 14.2. The van der Waals surface area contributed by atoms with Crippen molar-refractivity contribution in [3.8, 4) is 5.75 Å². The number of hydrogen-bond acceptors (Lipinski definition) is 5. The maximum atomic E-state index is 11.5. The van der Waals surface area contributed by atoms with E-state index in [9.17, 15) is 9.59 Å². The van der Waals surface area contributed by atoms with E-state index >= 15 is 0 Å². The van der Waals surface area contributed by atoms with Crippen LogP contribution in [0.2, 0.25) is 0 Å². The highest BCUT2D eigenvalue weighted by molar-refractivity contribution is 5.81. The molecule has 1 aliphatic heterocycles. The van der Waals surface area contributed by atoms with Gasteiger partial charge in [0, 0.05) is 0 Å². The van der Waals surface area contributed by atoms with E-state index in [2.05, 4.69) is 9.47 Å². The summed E-state index contributed by atoms with van der Waals surface area (Å²) in [5.74, 6) is -0.171. The molecule has 0 radical (unpaired) electrons. The molecule has 1 fully saturated rings. The summed E-state index contributed by atoms with van der Waals surface area (Å²) in [4.78, 5) is 22.2. The number of esters is 1. The van der Waals surface area contributed by atoms with Crippen LogP contribution in [-0.4, -0.2) is 24.8 Å². The highest BCUT2D eigenvalue weighted by atomic mass is 16.8. The van der Waals surface area contributed by atoms with Gasteiger partial charge in [-0.25, -0.2) is 9.59 Å². The molecule has 5 heteroatoms. The minimum Gasteiger partial charge on any atom is -0.430 e. The van der Waals surface area contributed by atoms with Crippen molar-refractivity contribution in [3.63, 3.8) is 0 Å². The smallest absolute Gasteiger partial charge is 0.430 e. The number of aryl methyl sites for hydroxylation is 1. The maximum Gasteiger partial charge on any atom is 0.509 e. The van der Waals surface area contributed by atoms with Crippen LogP contribution in [0.15, 0.2) is 24.3 Å². The summed E-state index contributed by atoms with van der Waals surface area (Å²) in [5.41, 5.74) is 0.834. The number of ether oxygens (including phenoxy) is 3. The molecule has 0 aromatic heterocycles. The summed E-state index contributed by atoms with van der Waals surface area (Å²) in [5, 5.41) is 0. The normalized spacial score (nSPS) is 18.8. The lowest BCUT2D eigenvalue weighted by molar-refractivity contribution is -0.142. The predicted octanol–water partition coefficient (Wildman–Crippen LogP) is 1.44. The molecule has 0 amide bonds. The molecule has 1 aromatic rings. The SMILES string of the molecule is Cc1ccccc1OC(=O)C1COC(=O)O1. The fourth-order valence-corrected chi connectivity index (χ4v) is 1.29. The van der Waals surface area contributed by atoms with Crippen LogP contribution in [0.1, 0.15) is 5.56 Å². The van der Waals surface area contributed by atoms with E-state index in [1.54, 1.807) is 12.1 Å². The zero-order valence-corrected chi connectivity index (χ0v) is 8.64. The molecule has 1 unspecified atom stereocenters. The zero-order valence-electron chi connectivity index (χ0n) is 8.64. The molecule has 1 aromatic carbocycles. The van der Waals surface area contributed by atoms with Crippen molar-refractivity contribution in [2.75, 3.05) is 6.61 Å². The first-order valence-electron chi connectivity index (χ1n) is 4.77. The molecule has 0 saturated carbocycles. The van der Waals surface area contributed by atoms with Crippen LogP contribution in [0.25, 0.3) is 0 Å². The highest BCUT2D eigenvalue weighted by Gasteiger charge is 2.33. The van der Waals surface area contributed by atoms with Gasteiger partial charge in [0.05, 0.1) is 0 Å². The Hall–Kier alpha value is -2.04. The van der Waals surface area contributed by atoms with E-state index in [-0.39, 0.29) is 6.61 Å². The Balaban J connectivity index is 2.03. The third kappa shape index (κ3) is 2.13. The number of para-hydroxylation sites is 1. The Morgan fingerprint density at radius 3 is 2.81 bits per heavy atom. The Morgan fingerprint density at radius 1 is 1.44 bits per heavy atom. The monoisotopic (exact) mass is 222 g/mol. The fourth-order valence-electron chi connectivity index (χ4n) is 1.29. The lowest BCUT2D eigenvalue weighted by atomic mass is 10.2. The van der Waals surface area contributed by atoms with E-state index in [0.717, 1.165) is 5.56 Å². The second-order valence-electron chi connectivity index (χ2n) is 3.35. The maximum absolute atomic E-state index is 11.5. The van der Waals surface area contributed by atoms with Gasteiger partial charge in [0.25, 0.3) is 0 Å². The van der Waals surface area contributed by atoms with Crippen LogP contribution in [-0.2, 0) is 14.3 Å². The quantitative estimate of drug-likeness (QED) is 0.559. The predicted molar refractivity (Wildman–Crippen MR) is 53.0 cm³/mol. The number of hydrogen-bond donors (Lipinski definition) is 0. The fraction of sp³-hybridized carbons (Fsp3) is 0.273. The first-order valence-corrected chi connectivity index (χ1v) is 4.77. The molecule has 0 N–H and O–H groups in total. The molecule has 0 bridgehead atoms. The number of carbonyl (C=O) groups is 2. The van der Waals surface area contributed by atoms with Crippen molar-refractivity contribution in [2.24, 2.45) is 0 Å². The van der Waals surface area contributed by atoms with Crippen molar-refractivity contribution in [2.45, 2.75) is 13.0 Å². The second-order valence-corrected chi connectivity index (χ2v) is 3.35. The first kappa shape index (κ1) is 10.5. The Labute approximate surface area is 91.9 Å². The van der Waals surface area contributed by atoms with Gasteiger partial charge in [-0.2, -0.15) is 0 Å². The second kappa shape index (κ2) is 4.22. The van der Waals surface area contributed by atoms with Crippen molar-refractivity contribution in [1.29, 1.82) is 0 Å². The van der Waals surface area contributed by atoms with Crippen LogP contribution >= 0.6 is 0 Å². The van der Waals surface area contributed by atoms with E-state index in [1.165, 1.54) is 0 Å². The van der Waals surface area contributed by atoms with Gasteiger partial charge in [0.15, 0.2) is 0 Å². The van der Waals surface area contributed by atoms with E-state index < -0.39 is 18.2 Å². The van der Waals surface area contributed by atoms with Crippen molar-refractivity contribution >= 4 is 12.1 Å². The first-order chi connectivity index (χ1) is 7.66. The van der Waals surface area contributed by atoms with Gasteiger partial charge in [-0.05, 0) is 18.6 Å². The highest BCUT2D eigenvalue weighted by Crippen LogP contribution is 2.18. The molecule has 2 rings (SSSR count). The molecule has 1 saturated heterocycles. The van der Waals surface area contributed by atoms with E-state index in [1.807, 2.05) is 19.1 Å². The average Bonchev–Trinajstić information content (AvgIpc) is 2.68. The van der Waals surface area contributed by atoms with Gasteiger partial charge in [0.1, 0.15) is 12.4 Å². The molecule has 1 heterocycles. The van der Waals surface area contributed by atoms with Crippen molar-refractivity contribution in [3.05, 3.63) is 29.8 Å². The molecular weight excluding hydrogens is 212 g/mol. The van der Waals surface area contributed by atoms with Crippen molar-refractivity contribution in [1.82, 2.24) is 0 Å². The Kier molecular flexibility index (Phi) is 2.76. The summed E-state index contributed by atoms with van der Waals surface area (Å²) >= 11 is 0. The Morgan fingerprint density at radius 2 is 2.19 bits per heavy atom. The standard InChI is InChI=1S/C11H10O5/c1-7-4-2-3-5-8(7)15-10(12)9-6-14-11(13)16-9/h2-5,9H,6H2,1H3. The van der Waals surface area contributed by atoms with Crippen LogP contribution in [0.5, 0.6) is 5.75 Å². The number of benzene rings is 1. The molecular formula is C11H10O5. The Bertz CT molecular complexity index is 426. The van der Waals surface area contributed by atoms with Gasteiger partial charge in [0.2, 0.25) is 6.10 Å².